The second-order valence-electron chi connectivity index (χ2n) is 9.50. The van der Waals surface area contributed by atoms with Crippen LogP contribution >= 0.6 is 0 Å². The zero-order valence-electron chi connectivity index (χ0n) is 19.4. The van der Waals surface area contributed by atoms with Crippen LogP contribution in [-0.2, 0) is 0 Å². The van der Waals surface area contributed by atoms with E-state index in [9.17, 15) is 8.78 Å². The quantitative estimate of drug-likeness (QED) is 0.403. The van der Waals surface area contributed by atoms with Crippen molar-refractivity contribution < 1.29 is 8.78 Å². The molecule has 1 saturated heterocycles. The van der Waals surface area contributed by atoms with Gasteiger partial charge < -0.3 is 10.2 Å². The van der Waals surface area contributed by atoms with Crippen molar-refractivity contribution in [1.29, 1.82) is 0 Å². The number of hydrogen-bond donors (Lipinski definition) is 1. The lowest BCUT2D eigenvalue weighted by molar-refractivity contribution is 0.445. The van der Waals surface area contributed by atoms with Crippen LogP contribution in [0.25, 0.3) is 22.3 Å². The van der Waals surface area contributed by atoms with Gasteiger partial charge in [-0.3, -0.25) is 4.98 Å². The maximum Gasteiger partial charge on any atom is 0.168 e. The third-order valence-corrected chi connectivity index (χ3v) is 6.66. The molecule has 1 aliphatic heterocycles. The number of halogens is 2. The number of piperidine rings is 1. The molecule has 7 nitrogen and oxygen atoms in total. The third-order valence-electron chi connectivity index (χ3n) is 6.66. The number of nitrogens with one attached hydrogen (secondary N) is 1. The summed E-state index contributed by atoms with van der Waals surface area (Å²) in [6.07, 6.45) is 11.0. The Morgan fingerprint density at radius 2 is 1.91 bits per heavy atom. The zero-order chi connectivity index (χ0) is 23.9. The number of hydrogen-bond acceptors (Lipinski definition) is 7. The zero-order valence-corrected chi connectivity index (χ0v) is 19.4. The first kappa shape index (κ1) is 21.8. The first-order valence-corrected chi connectivity index (χ1v) is 12.0. The highest BCUT2D eigenvalue weighted by atomic mass is 19.1. The Balaban J connectivity index is 1.43. The second kappa shape index (κ2) is 8.79. The van der Waals surface area contributed by atoms with E-state index in [-0.39, 0.29) is 5.82 Å². The lowest BCUT2D eigenvalue weighted by atomic mass is 9.99. The van der Waals surface area contributed by atoms with Crippen LogP contribution in [0.1, 0.15) is 44.1 Å². The molecule has 0 unspecified atom stereocenters. The van der Waals surface area contributed by atoms with Gasteiger partial charge in [-0.1, -0.05) is 6.92 Å². The number of pyridine rings is 3. The second-order valence-corrected chi connectivity index (χ2v) is 9.50. The van der Waals surface area contributed by atoms with Gasteiger partial charge in [0.15, 0.2) is 17.5 Å². The molecule has 0 amide bonds. The average molecular weight is 474 g/mol. The molecule has 0 bridgehead atoms. The minimum Gasteiger partial charge on any atom is -0.356 e. The van der Waals surface area contributed by atoms with Crippen molar-refractivity contribution in [3.8, 4) is 11.4 Å². The van der Waals surface area contributed by atoms with Crippen molar-refractivity contribution in [3.05, 3.63) is 60.2 Å². The Labute approximate surface area is 201 Å². The molecule has 4 aromatic heterocycles. The Morgan fingerprint density at radius 3 is 2.71 bits per heavy atom. The summed E-state index contributed by atoms with van der Waals surface area (Å²) < 4.78 is 27.3. The summed E-state index contributed by atoms with van der Waals surface area (Å²) in [6.45, 7) is 4.20. The van der Waals surface area contributed by atoms with Gasteiger partial charge in [0.1, 0.15) is 17.5 Å². The lowest BCUT2D eigenvalue weighted by Crippen LogP contribution is -2.35. The third kappa shape index (κ3) is 4.38. The molecular weight excluding hydrogens is 448 g/mol. The largest absolute Gasteiger partial charge is 0.356 e. The highest BCUT2D eigenvalue weighted by Gasteiger charge is 2.30. The molecule has 9 heteroatoms. The van der Waals surface area contributed by atoms with Crippen molar-refractivity contribution >= 4 is 28.4 Å². The Morgan fingerprint density at radius 1 is 1.03 bits per heavy atom. The van der Waals surface area contributed by atoms with Crippen LogP contribution in [0.5, 0.6) is 0 Å². The number of anilines is 3. The van der Waals surface area contributed by atoms with Gasteiger partial charge >= 0.3 is 0 Å². The van der Waals surface area contributed by atoms with Crippen molar-refractivity contribution in [3.63, 3.8) is 0 Å². The predicted molar refractivity (Wildman–Crippen MR) is 131 cm³/mol. The highest BCUT2D eigenvalue weighted by Crippen LogP contribution is 2.45. The van der Waals surface area contributed by atoms with Gasteiger partial charge in [-0.2, -0.15) is 0 Å². The monoisotopic (exact) mass is 473 g/mol. The maximum atomic E-state index is 14.1. The molecule has 5 heterocycles. The van der Waals surface area contributed by atoms with E-state index >= 15 is 0 Å². The first-order chi connectivity index (χ1) is 17.0. The van der Waals surface area contributed by atoms with E-state index < -0.39 is 11.6 Å². The molecule has 4 aromatic rings. The van der Waals surface area contributed by atoms with E-state index in [0.29, 0.717) is 23.5 Å². The molecule has 2 aliphatic rings. The van der Waals surface area contributed by atoms with Gasteiger partial charge in [-0.05, 0) is 55.2 Å². The minimum absolute atomic E-state index is 0.100. The van der Waals surface area contributed by atoms with Crippen molar-refractivity contribution in [2.24, 2.45) is 5.92 Å². The van der Waals surface area contributed by atoms with Gasteiger partial charge in [0.05, 0.1) is 17.9 Å². The van der Waals surface area contributed by atoms with Gasteiger partial charge in [0.25, 0.3) is 0 Å². The molecule has 0 spiro atoms. The highest BCUT2D eigenvalue weighted by molar-refractivity contribution is 5.94. The van der Waals surface area contributed by atoms with E-state index in [0.717, 1.165) is 54.1 Å². The minimum atomic E-state index is -0.792. The number of rotatable bonds is 5. The van der Waals surface area contributed by atoms with Crippen LogP contribution in [-0.4, -0.2) is 38.0 Å². The fraction of sp³-hybridized carbons (Fsp3) is 0.346. The predicted octanol–water partition coefficient (Wildman–Crippen LogP) is 5.62. The van der Waals surface area contributed by atoms with E-state index in [2.05, 4.69) is 32.1 Å². The summed E-state index contributed by atoms with van der Waals surface area (Å²) in [5.41, 5.74) is 2.79. The number of fused-ring (bicyclic) bond motifs is 1. The molecule has 178 valence electrons. The molecule has 1 saturated carbocycles. The van der Waals surface area contributed by atoms with Crippen molar-refractivity contribution in [1.82, 2.24) is 24.9 Å². The van der Waals surface area contributed by atoms with Gasteiger partial charge in [0, 0.05) is 42.5 Å². The first-order valence-electron chi connectivity index (χ1n) is 12.0. The summed E-state index contributed by atoms with van der Waals surface area (Å²) >= 11 is 0. The Hall–Kier alpha value is -3.75. The smallest absolute Gasteiger partial charge is 0.168 e. The molecule has 35 heavy (non-hydrogen) atoms. The fourth-order valence-electron chi connectivity index (χ4n) is 4.80. The maximum absolute atomic E-state index is 14.1. The van der Waals surface area contributed by atoms with Crippen LogP contribution in [0.4, 0.5) is 26.2 Å². The van der Waals surface area contributed by atoms with Crippen molar-refractivity contribution in [2.45, 2.75) is 38.5 Å². The molecule has 1 N–H and O–H groups in total. The van der Waals surface area contributed by atoms with E-state index in [1.165, 1.54) is 24.8 Å². The molecule has 1 aliphatic carbocycles. The van der Waals surface area contributed by atoms with Crippen LogP contribution in [0.15, 0.2) is 43.0 Å². The summed E-state index contributed by atoms with van der Waals surface area (Å²) in [7, 11) is 0. The number of nitrogens with zero attached hydrogens (tertiary/aromatic N) is 6. The summed E-state index contributed by atoms with van der Waals surface area (Å²) in [4.78, 5) is 24.9. The average Bonchev–Trinajstić information content (AvgIpc) is 3.70. The Kier molecular flexibility index (Phi) is 5.47. The molecule has 1 atom stereocenters. The topological polar surface area (TPSA) is 79.7 Å². The molecule has 2 fully saturated rings. The molecule has 0 aromatic carbocycles. The summed E-state index contributed by atoms with van der Waals surface area (Å²) in [5.74, 6) is 1.36. The van der Waals surface area contributed by atoms with E-state index in [1.807, 2.05) is 12.3 Å². The fourth-order valence-corrected chi connectivity index (χ4v) is 4.80. The Bertz CT molecular complexity index is 1410. The van der Waals surface area contributed by atoms with Crippen LogP contribution in [0.2, 0.25) is 0 Å². The SMILES string of the molecule is C[C@@H]1CCCN(c2nc(-c3ccnc(Nc4ncc(F)cc4F)c3)nc3cncc(C4CC4)c23)C1. The van der Waals surface area contributed by atoms with Gasteiger partial charge in [-0.25, -0.2) is 28.7 Å². The van der Waals surface area contributed by atoms with E-state index in [4.69, 9.17) is 9.97 Å². The van der Waals surface area contributed by atoms with Gasteiger partial charge in [0.2, 0.25) is 0 Å². The van der Waals surface area contributed by atoms with Crippen molar-refractivity contribution in [2.75, 3.05) is 23.3 Å². The van der Waals surface area contributed by atoms with Crippen LogP contribution in [0.3, 0.4) is 0 Å². The lowest BCUT2D eigenvalue weighted by Gasteiger charge is -2.33. The molecule has 0 radical (unpaired) electrons. The normalized spacial score (nSPS) is 18.1. The van der Waals surface area contributed by atoms with Gasteiger partial charge in [-0.15, -0.1) is 0 Å². The summed E-state index contributed by atoms with van der Waals surface area (Å²) in [5, 5.41) is 3.92. The number of aromatic nitrogens is 5. The van der Waals surface area contributed by atoms with Crippen LogP contribution < -0.4 is 10.2 Å². The van der Waals surface area contributed by atoms with Crippen LogP contribution in [0, 0.1) is 17.6 Å². The standard InChI is InChI=1S/C26H25F2N7/c1-15-3-2-8-35(14-15)26-23-19(16-4-5-16)12-29-13-21(23)32-24(34-26)17-6-7-30-22(9-17)33-25-20(28)10-18(27)11-31-25/h6-7,9-13,15-16H,2-5,8,14H2,1H3,(H,30,31,33)/t15-/m1/s1. The molecular formula is C26H25F2N7. The summed E-state index contributed by atoms with van der Waals surface area (Å²) in [6, 6.07) is 4.34. The van der Waals surface area contributed by atoms with E-state index in [1.54, 1.807) is 18.5 Å². The molecule has 6 rings (SSSR count).